The Kier molecular flexibility index (Phi) is 5.10. The maximum absolute atomic E-state index is 5.68. The van der Waals surface area contributed by atoms with Gasteiger partial charge in [-0.25, -0.2) is 0 Å². The van der Waals surface area contributed by atoms with Crippen LogP contribution in [0.2, 0.25) is 0 Å². The van der Waals surface area contributed by atoms with E-state index in [1.165, 1.54) is 40.2 Å². The third-order valence-electron chi connectivity index (χ3n) is 6.71. The maximum atomic E-state index is 5.68. The molecule has 0 amide bonds. The highest BCUT2D eigenvalue weighted by molar-refractivity contribution is 6.08. The Morgan fingerprint density at radius 1 is 1.00 bits per heavy atom. The molecule has 3 aromatic rings. The van der Waals surface area contributed by atoms with Gasteiger partial charge in [-0.15, -0.1) is 0 Å². The number of hydrogen-bond acceptors (Lipinski definition) is 3. The van der Waals surface area contributed by atoms with Gasteiger partial charge in [-0.2, -0.15) is 0 Å². The number of rotatable bonds is 4. The highest BCUT2D eigenvalue weighted by Crippen LogP contribution is 2.38. The molecule has 2 saturated heterocycles. The SMILES string of the molecule is CCn1c2ccccc2c2cc([C@@H](C3CCOCC3)N3CCNCC3)ccc21. The zero-order valence-electron chi connectivity index (χ0n) is 16.9. The first-order valence-electron chi connectivity index (χ1n) is 10.9. The molecule has 28 heavy (non-hydrogen) atoms. The summed E-state index contributed by atoms with van der Waals surface area (Å²) in [7, 11) is 0. The van der Waals surface area contributed by atoms with Crippen LogP contribution in [0.5, 0.6) is 0 Å². The monoisotopic (exact) mass is 377 g/mol. The second-order valence-corrected chi connectivity index (χ2v) is 8.22. The van der Waals surface area contributed by atoms with E-state index in [4.69, 9.17) is 4.74 Å². The zero-order chi connectivity index (χ0) is 18.9. The predicted octanol–water partition coefficient (Wildman–Crippen LogP) is 4.19. The first-order chi connectivity index (χ1) is 13.9. The van der Waals surface area contributed by atoms with E-state index in [2.05, 4.69) is 64.2 Å². The quantitative estimate of drug-likeness (QED) is 0.739. The summed E-state index contributed by atoms with van der Waals surface area (Å²) in [6, 6.07) is 16.6. The first kappa shape index (κ1) is 18.2. The zero-order valence-corrected chi connectivity index (χ0v) is 16.9. The van der Waals surface area contributed by atoms with Gasteiger partial charge in [0.2, 0.25) is 0 Å². The number of para-hydroxylation sites is 1. The third kappa shape index (κ3) is 3.14. The van der Waals surface area contributed by atoms with Gasteiger partial charge in [0, 0.05) is 73.8 Å². The van der Waals surface area contributed by atoms with Crippen molar-refractivity contribution in [3.63, 3.8) is 0 Å². The van der Waals surface area contributed by atoms with Gasteiger partial charge in [-0.1, -0.05) is 24.3 Å². The minimum atomic E-state index is 0.499. The fraction of sp³-hybridized carbons (Fsp3) is 0.500. The lowest BCUT2D eigenvalue weighted by molar-refractivity contribution is 0.0213. The summed E-state index contributed by atoms with van der Waals surface area (Å²) in [6.07, 6.45) is 2.34. The number of hydrogen-bond donors (Lipinski definition) is 1. The Bertz CT molecular complexity index is 933. The molecule has 0 bridgehead atoms. The molecule has 0 aliphatic carbocycles. The molecule has 1 N–H and O–H groups in total. The summed E-state index contributed by atoms with van der Waals surface area (Å²) >= 11 is 0. The summed E-state index contributed by atoms with van der Waals surface area (Å²) in [5.41, 5.74) is 4.20. The Labute approximate surface area is 167 Å². The van der Waals surface area contributed by atoms with Crippen LogP contribution < -0.4 is 5.32 Å². The van der Waals surface area contributed by atoms with Crippen molar-refractivity contribution in [1.29, 1.82) is 0 Å². The normalized spacial score (nSPS) is 20.8. The summed E-state index contributed by atoms with van der Waals surface area (Å²) < 4.78 is 8.13. The van der Waals surface area contributed by atoms with E-state index in [1.807, 2.05) is 0 Å². The highest BCUT2D eigenvalue weighted by Gasteiger charge is 2.31. The molecule has 2 fully saturated rings. The number of nitrogens with one attached hydrogen (secondary N) is 1. The summed E-state index contributed by atoms with van der Waals surface area (Å²) in [6.45, 7) is 9.52. The van der Waals surface area contributed by atoms with Crippen molar-refractivity contribution in [3.05, 3.63) is 48.0 Å². The average Bonchev–Trinajstić information content (AvgIpc) is 3.09. The molecule has 1 aromatic heterocycles. The number of aromatic nitrogens is 1. The van der Waals surface area contributed by atoms with Crippen LogP contribution in [-0.4, -0.2) is 48.9 Å². The number of fused-ring (bicyclic) bond motifs is 3. The summed E-state index contributed by atoms with van der Waals surface area (Å²) in [5, 5.41) is 6.31. The van der Waals surface area contributed by atoms with Crippen LogP contribution in [0, 0.1) is 5.92 Å². The number of aryl methyl sites for hydroxylation is 1. The van der Waals surface area contributed by atoms with E-state index >= 15 is 0 Å². The van der Waals surface area contributed by atoms with Gasteiger partial charge in [0.05, 0.1) is 0 Å². The summed E-state index contributed by atoms with van der Waals surface area (Å²) in [4.78, 5) is 2.71. The second kappa shape index (κ2) is 7.86. The van der Waals surface area contributed by atoms with E-state index in [0.29, 0.717) is 12.0 Å². The number of ether oxygens (including phenoxy) is 1. The molecule has 0 saturated carbocycles. The molecule has 0 spiro atoms. The lowest BCUT2D eigenvalue weighted by atomic mass is 9.85. The van der Waals surface area contributed by atoms with Gasteiger partial charge in [0.15, 0.2) is 0 Å². The van der Waals surface area contributed by atoms with E-state index < -0.39 is 0 Å². The lowest BCUT2D eigenvalue weighted by Crippen LogP contribution is -2.47. The van der Waals surface area contributed by atoms with Gasteiger partial charge < -0.3 is 14.6 Å². The van der Waals surface area contributed by atoms with Crippen LogP contribution in [0.3, 0.4) is 0 Å². The molecule has 2 aromatic carbocycles. The van der Waals surface area contributed by atoms with E-state index in [9.17, 15) is 0 Å². The molecule has 0 radical (unpaired) electrons. The number of piperazine rings is 1. The van der Waals surface area contributed by atoms with Crippen molar-refractivity contribution in [1.82, 2.24) is 14.8 Å². The molecule has 4 heteroatoms. The van der Waals surface area contributed by atoms with Crippen molar-refractivity contribution >= 4 is 21.8 Å². The molecule has 5 rings (SSSR count). The van der Waals surface area contributed by atoms with Gasteiger partial charge in [0.25, 0.3) is 0 Å². The Hall–Kier alpha value is -1.88. The van der Waals surface area contributed by atoms with Crippen LogP contribution in [0.1, 0.15) is 31.4 Å². The molecule has 2 aliphatic rings. The molecule has 4 nitrogen and oxygen atoms in total. The molecular formula is C24H31N3O. The molecular weight excluding hydrogens is 346 g/mol. The lowest BCUT2D eigenvalue weighted by Gasteiger charge is -2.41. The van der Waals surface area contributed by atoms with Crippen molar-refractivity contribution < 1.29 is 4.74 Å². The van der Waals surface area contributed by atoms with Crippen molar-refractivity contribution in [2.75, 3.05) is 39.4 Å². The smallest absolute Gasteiger partial charge is 0.0491 e. The summed E-state index contributed by atoms with van der Waals surface area (Å²) in [5.74, 6) is 0.684. The standard InChI is InChI=1S/C24H31N3O/c1-2-27-22-6-4-3-5-20(22)21-17-19(7-8-23(21)27)24(18-9-15-28-16-10-18)26-13-11-25-12-14-26/h3-8,17-18,24-25H,2,9-16H2,1H3/t24-/m1/s1. The second-order valence-electron chi connectivity index (χ2n) is 8.22. The fourth-order valence-electron chi connectivity index (χ4n) is 5.37. The molecule has 3 heterocycles. The Morgan fingerprint density at radius 2 is 1.75 bits per heavy atom. The molecule has 0 unspecified atom stereocenters. The molecule has 1 atom stereocenters. The maximum Gasteiger partial charge on any atom is 0.0491 e. The van der Waals surface area contributed by atoms with Crippen LogP contribution >= 0.6 is 0 Å². The van der Waals surface area contributed by atoms with Gasteiger partial charge in [-0.3, -0.25) is 4.90 Å². The van der Waals surface area contributed by atoms with Crippen molar-refractivity contribution in [3.8, 4) is 0 Å². The van der Waals surface area contributed by atoms with Crippen LogP contribution in [-0.2, 0) is 11.3 Å². The van der Waals surface area contributed by atoms with Crippen LogP contribution in [0.4, 0.5) is 0 Å². The van der Waals surface area contributed by atoms with Crippen molar-refractivity contribution in [2.24, 2.45) is 5.92 Å². The highest BCUT2D eigenvalue weighted by atomic mass is 16.5. The van der Waals surface area contributed by atoms with Gasteiger partial charge in [-0.05, 0) is 49.4 Å². The molecule has 148 valence electrons. The minimum Gasteiger partial charge on any atom is -0.381 e. The van der Waals surface area contributed by atoms with Gasteiger partial charge in [0.1, 0.15) is 0 Å². The topological polar surface area (TPSA) is 29.4 Å². The van der Waals surface area contributed by atoms with E-state index in [0.717, 1.165) is 45.9 Å². The molecule has 2 aliphatic heterocycles. The minimum absolute atomic E-state index is 0.499. The van der Waals surface area contributed by atoms with Crippen molar-refractivity contribution in [2.45, 2.75) is 32.4 Å². The fourth-order valence-corrected chi connectivity index (χ4v) is 5.37. The van der Waals surface area contributed by atoms with E-state index in [-0.39, 0.29) is 0 Å². The van der Waals surface area contributed by atoms with E-state index in [1.54, 1.807) is 0 Å². The third-order valence-corrected chi connectivity index (χ3v) is 6.71. The van der Waals surface area contributed by atoms with Gasteiger partial charge >= 0.3 is 0 Å². The Morgan fingerprint density at radius 3 is 2.54 bits per heavy atom. The van der Waals surface area contributed by atoms with Crippen LogP contribution in [0.15, 0.2) is 42.5 Å². The number of nitrogens with zero attached hydrogens (tertiary/aromatic N) is 2. The number of benzene rings is 2. The average molecular weight is 378 g/mol. The predicted molar refractivity (Wildman–Crippen MR) is 116 cm³/mol. The first-order valence-corrected chi connectivity index (χ1v) is 10.9. The Balaban J connectivity index is 1.62. The van der Waals surface area contributed by atoms with Crippen LogP contribution in [0.25, 0.3) is 21.8 Å². The largest absolute Gasteiger partial charge is 0.381 e.